The second-order valence-corrected chi connectivity index (χ2v) is 5.84. The monoisotopic (exact) mass is 287 g/mol. The Kier molecular flexibility index (Phi) is 4.20. The SMILES string of the molecule is CC(C)C1CC(Nc2ccc(-c3nnco3)cc2)CCO1. The van der Waals surface area contributed by atoms with Gasteiger partial charge in [-0.15, -0.1) is 10.2 Å². The van der Waals surface area contributed by atoms with E-state index in [4.69, 9.17) is 9.15 Å². The minimum absolute atomic E-state index is 0.355. The van der Waals surface area contributed by atoms with Gasteiger partial charge in [-0.1, -0.05) is 13.8 Å². The molecule has 2 unspecified atom stereocenters. The number of nitrogens with zero attached hydrogens (tertiary/aromatic N) is 2. The number of anilines is 1. The first kappa shape index (κ1) is 14.1. The number of hydrogen-bond donors (Lipinski definition) is 1. The van der Waals surface area contributed by atoms with E-state index in [-0.39, 0.29) is 0 Å². The molecular weight excluding hydrogens is 266 g/mol. The Morgan fingerprint density at radius 2 is 2.05 bits per heavy atom. The maximum absolute atomic E-state index is 5.81. The lowest BCUT2D eigenvalue weighted by Crippen LogP contribution is -2.36. The fourth-order valence-electron chi connectivity index (χ4n) is 2.67. The van der Waals surface area contributed by atoms with Gasteiger partial charge < -0.3 is 14.5 Å². The molecule has 2 atom stereocenters. The van der Waals surface area contributed by atoms with E-state index in [0.29, 0.717) is 24.0 Å². The number of benzene rings is 1. The number of ether oxygens (including phenoxy) is 1. The van der Waals surface area contributed by atoms with Crippen molar-refractivity contribution in [1.29, 1.82) is 0 Å². The van der Waals surface area contributed by atoms with E-state index < -0.39 is 0 Å². The molecule has 3 rings (SSSR count). The lowest BCUT2D eigenvalue weighted by Gasteiger charge is -2.33. The van der Waals surface area contributed by atoms with E-state index >= 15 is 0 Å². The topological polar surface area (TPSA) is 60.2 Å². The minimum atomic E-state index is 0.355. The molecule has 0 bridgehead atoms. The summed E-state index contributed by atoms with van der Waals surface area (Å²) in [6.07, 6.45) is 3.81. The normalized spacial score (nSPS) is 22.4. The zero-order valence-electron chi connectivity index (χ0n) is 12.5. The van der Waals surface area contributed by atoms with Crippen LogP contribution >= 0.6 is 0 Å². The molecule has 0 spiro atoms. The van der Waals surface area contributed by atoms with Gasteiger partial charge in [0.2, 0.25) is 12.3 Å². The summed E-state index contributed by atoms with van der Waals surface area (Å²) in [5.41, 5.74) is 2.05. The third-order valence-electron chi connectivity index (χ3n) is 3.92. The first-order valence-corrected chi connectivity index (χ1v) is 7.47. The molecule has 5 heteroatoms. The summed E-state index contributed by atoms with van der Waals surface area (Å²) in [5, 5.41) is 11.2. The summed E-state index contributed by atoms with van der Waals surface area (Å²) in [4.78, 5) is 0. The van der Waals surface area contributed by atoms with E-state index in [1.54, 1.807) is 0 Å². The average Bonchev–Trinajstić information content (AvgIpc) is 3.02. The predicted molar refractivity (Wildman–Crippen MR) is 81.0 cm³/mol. The molecule has 0 aliphatic carbocycles. The molecule has 2 heterocycles. The van der Waals surface area contributed by atoms with E-state index in [2.05, 4.69) is 41.5 Å². The van der Waals surface area contributed by atoms with Crippen molar-refractivity contribution in [3.05, 3.63) is 30.7 Å². The van der Waals surface area contributed by atoms with Gasteiger partial charge in [0.1, 0.15) is 0 Å². The van der Waals surface area contributed by atoms with Crippen molar-refractivity contribution in [2.24, 2.45) is 5.92 Å². The van der Waals surface area contributed by atoms with Crippen LogP contribution in [0.5, 0.6) is 0 Å². The summed E-state index contributed by atoms with van der Waals surface area (Å²) in [7, 11) is 0. The van der Waals surface area contributed by atoms with E-state index in [1.165, 1.54) is 6.39 Å². The third-order valence-corrected chi connectivity index (χ3v) is 3.92. The molecule has 1 saturated heterocycles. The molecule has 1 fully saturated rings. The Labute approximate surface area is 124 Å². The molecule has 21 heavy (non-hydrogen) atoms. The largest absolute Gasteiger partial charge is 0.423 e. The highest BCUT2D eigenvalue weighted by Crippen LogP contribution is 2.24. The fourth-order valence-corrected chi connectivity index (χ4v) is 2.67. The van der Waals surface area contributed by atoms with Crippen LogP contribution in [0.2, 0.25) is 0 Å². The molecule has 2 aromatic rings. The van der Waals surface area contributed by atoms with Crippen LogP contribution in [-0.2, 0) is 4.74 Å². The van der Waals surface area contributed by atoms with Crippen molar-refractivity contribution in [1.82, 2.24) is 10.2 Å². The summed E-state index contributed by atoms with van der Waals surface area (Å²) >= 11 is 0. The van der Waals surface area contributed by atoms with Crippen LogP contribution in [0.15, 0.2) is 35.1 Å². The maximum Gasteiger partial charge on any atom is 0.247 e. The molecule has 0 saturated carbocycles. The molecule has 1 aromatic carbocycles. The number of rotatable bonds is 4. The first-order chi connectivity index (χ1) is 10.2. The molecule has 5 nitrogen and oxygen atoms in total. The Morgan fingerprint density at radius 1 is 1.24 bits per heavy atom. The summed E-state index contributed by atoms with van der Waals surface area (Å²) in [5.74, 6) is 1.11. The second-order valence-electron chi connectivity index (χ2n) is 5.84. The lowest BCUT2D eigenvalue weighted by atomic mass is 9.95. The van der Waals surface area contributed by atoms with Crippen LogP contribution in [0.1, 0.15) is 26.7 Å². The minimum Gasteiger partial charge on any atom is -0.423 e. The van der Waals surface area contributed by atoms with Gasteiger partial charge in [0.15, 0.2) is 0 Å². The summed E-state index contributed by atoms with van der Waals surface area (Å²) in [6, 6.07) is 8.57. The summed E-state index contributed by atoms with van der Waals surface area (Å²) in [6.45, 7) is 5.26. The predicted octanol–water partition coefficient (Wildman–Crippen LogP) is 3.35. The van der Waals surface area contributed by atoms with Crippen molar-refractivity contribution in [3.8, 4) is 11.5 Å². The van der Waals surface area contributed by atoms with Gasteiger partial charge in [-0.05, 0) is 43.0 Å². The number of aromatic nitrogens is 2. The zero-order valence-corrected chi connectivity index (χ0v) is 12.5. The first-order valence-electron chi connectivity index (χ1n) is 7.47. The van der Waals surface area contributed by atoms with Gasteiger partial charge >= 0.3 is 0 Å². The van der Waals surface area contributed by atoms with Crippen LogP contribution in [0.25, 0.3) is 11.5 Å². The van der Waals surface area contributed by atoms with Crippen LogP contribution in [0.3, 0.4) is 0 Å². The van der Waals surface area contributed by atoms with Crippen molar-refractivity contribution in [2.75, 3.05) is 11.9 Å². The van der Waals surface area contributed by atoms with E-state index in [0.717, 1.165) is 30.7 Å². The quantitative estimate of drug-likeness (QED) is 0.934. The van der Waals surface area contributed by atoms with Crippen LogP contribution in [0, 0.1) is 5.92 Å². The van der Waals surface area contributed by atoms with Gasteiger partial charge in [-0.25, -0.2) is 0 Å². The van der Waals surface area contributed by atoms with Gasteiger partial charge in [0.25, 0.3) is 0 Å². The number of hydrogen-bond acceptors (Lipinski definition) is 5. The Morgan fingerprint density at radius 3 is 2.71 bits per heavy atom. The molecule has 1 N–H and O–H groups in total. The van der Waals surface area contributed by atoms with E-state index in [1.807, 2.05) is 12.1 Å². The standard InChI is InChI=1S/C16H21N3O2/c1-11(2)15-9-14(7-8-20-15)18-13-5-3-12(4-6-13)16-19-17-10-21-16/h3-6,10-11,14-15,18H,7-9H2,1-2H3. The third kappa shape index (κ3) is 3.42. The molecule has 0 radical (unpaired) electrons. The molecule has 1 aliphatic heterocycles. The maximum atomic E-state index is 5.81. The van der Waals surface area contributed by atoms with Crippen LogP contribution < -0.4 is 5.32 Å². The Bertz CT molecular complexity index is 551. The van der Waals surface area contributed by atoms with Crippen molar-refractivity contribution in [3.63, 3.8) is 0 Å². The van der Waals surface area contributed by atoms with Crippen molar-refractivity contribution in [2.45, 2.75) is 38.8 Å². The molecule has 0 amide bonds. The van der Waals surface area contributed by atoms with Gasteiger partial charge in [0.05, 0.1) is 6.10 Å². The molecule has 1 aromatic heterocycles. The van der Waals surface area contributed by atoms with Crippen LogP contribution in [-0.4, -0.2) is 29.0 Å². The lowest BCUT2D eigenvalue weighted by molar-refractivity contribution is -0.0160. The highest BCUT2D eigenvalue weighted by Gasteiger charge is 2.24. The number of nitrogens with one attached hydrogen (secondary N) is 1. The Balaban J connectivity index is 1.62. The molecule has 112 valence electrons. The van der Waals surface area contributed by atoms with E-state index in [9.17, 15) is 0 Å². The zero-order chi connectivity index (χ0) is 14.7. The van der Waals surface area contributed by atoms with Crippen molar-refractivity contribution >= 4 is 5.69 Å². The second kappa shape index (κ2) is 6.26. The highest BCUT2D eigenvalue weighted by atomic mass is 16.5. The summed E-state index contributed by atoms with van der Waals surface area (Å²) < 4.78 is 11.0. The van der Waals surface area contributed by atoms with Crippen LogP contribution in [0.4, 0.5) is 5.69 Å². The van der Waals surface area contributed by atoms with Crippen molar-refractivity contribution < 1.29 is 9.15 Å². The Hall–Kier alpha value is -1.88. The van der Waals surface area contributed by atoms with Gasteiger partial charge in [-0.3, -0.25) is 0 Å². The highest BCUT2D eigenvalue weighted by molar-refractivity contribution is 5.58. The van der Waals surface area contributed by atoms with Gasteiger partial charge in [0, 0.05) is 23.9 Å². The molecular formula is C16H21N3O2. The average molecular weight is 287 g/mol. The molecule has 1 aliphatic rings. The fraction of sp³-hybridized carbons (Fsp3) is 0.500. The van der Waals surface area contributed by atoms with Gasteiger partial charge in [-0.2, -0.15) is 0 Å². The smallest absolute Gasteiger partial charge is 0.247 e.